The molecule has 0 heterocycles. The van der Waals surface area contributed by atoms with Crippen LogP contribution < -0.4 is 10.1 Å². The van der Waals surface area contributed by atoms with E-state index in [0.29, 0.717) is 19.8 Å². The van der Waals surface area contributed by atoms with E-state index in [-0.39, 0.29) is 6.04 Å². The van der Waals surface area contributed by atoms with Crippen LogP contribution in [-0.4, -0.2) is 40.5 Å². The predicted octanol–water partition coefficient (Wildman–Crippen LogP) is 1.45. The molecule has 1 aromatic carbocycles. The molecule has 0 radical (unpaired) electrons. The van der Waals surface area contributed by atoms with Crippen LogP contribution in [0.25, 0.3) is 0 Å². The van der Waals surface area contributed by atoms with Gasteiger partial charge in [0.05, 0.1) is 19.3 Å². The van der Waals surface area contributed by atoms with Gasteiger partial charge in [-0.15, -0.1) is 0 Å². The number of hydrogen-bond acceptors (Lipinski definition) is 4. The maximum atomic E-state index is 5.70. The first kappa shape index (κ1) is 14.0. The summed E-state index contributed by atoms with van der Waals surface area (Å²) in [4.78, 5) is 0. The zero-order valence-electron chi connectivity index (χ0n) is 10.7. The summed E-state index contributed by atoms with van der Waals surface area (Å²) in [5, 5.41) is 3.14. The average Bonchev–Trinajstić information content (AvgIpc) is 2.35. The van der Waals surface area contributed by atoms with Crippen LogP contribution in [0.1, 0.15) is 5.56 Å². The lowest BCUT2D eigenvalue weighted by atomic mass is 10.2. The highest BCUT2D eigenvalue weighted by atomic mass is 16.5. The van der Waals surface area contributed by atoms with Crippen LogP contribution in [0.15, 0.2) is 24.3 Å². The van der Waals surface area contributed by atoms with Gasteiger partial charge < -0.3 is 19.5 Å². The van der Waals surface area contributed by atoms with E-state index in [9.17, 15) is 0 Å². The predicted molar refractivity (Wildman–Crippen MR) is 67.4 cm³/mol. The van der Waals surface area contributed by atoms with Gasteiger partial charge in [-0.1, -0.05) is 12.1 Å². The minimum atomic E-state index is 0.200. The van der Waals surface area contributed by atoms with E-state index in [1.54, 1.807) is 14.2 Å². The Morgan fingerprint density at radius 1 is 1.18 bits per heavy atom. The van der Waals surface area contributed by atoms with Gasteiger partial charge in [0.1, 0.15) is 12.4 Å². The van der Waals surface area contributed by atoms with Gasteiger partial charge in [-0.25, -0.2) is 0 Å². The highest BCUT2D eigenvalue weighted by Crippen LogP contribution is 2.14. The van der Waals surface area contributed by atoms with Crippen molar-refractivity contribution < 1.29 is 14.2 Å². The van der Waals surface area contributed by atoms with Crippen LogP contribution in [0.3, 0.4) is 0 Å². The molecule has 1 atom stereocenters. The van der Waals surface area contributed by atoms with E-state index < -0.39 is 0 Å². The van der Waals surface area contributed by atoms with Gasteiger partial charge in [0.2, 0.25) is 0 Å². The molecule has 0 amide bonds. The maximum absolute atomic E-state index is 5.70. The van der Waals surface area contributed by atoms with E-state index in [4.69, 9.17) is 14.2 Å². The molecule has 1 N–H and O–H groups in total. The molecule has 0 saturated carbocycles. The van der Waals surface area contributed by atoms with Crippen molar-refractivity contribution in [2.75, 3.05) is 34.5 Å². The third-order valence-electron chi connectivity index (χ3n) is 2.44. The quantitative estimate of drug-likeness (QED) is 0.745. The number of likely N-dealkylation sites (N-methyl/N-ethyl adjacent to an activating group) is 1. The molecule has 1 unspecified atom stereocenters. The lowest BCUT2D eigenvalue weighted by molar-refractivity contribution is 0.139. The molecule has 1 aromatic rings. The second-order valence-electron chi connectivity index (χ2n) is 3.83. The number of nitrogens with one attached hydrogen (secondary N) is 1. The normalized spacial score (nSPS) is 12.4. The van der Waals surface area contributed by atoms with Crippen LogP contribution >= 0.6 is 0 Å². The molecular weight excluding hydrogens is 218 g/mol. The topological polar surface area (TPSA) is 39.7 Å². The lowest BCUT2D eigenvalue weighted by Gasteiger charge is -2.16. The molecule has 4 nitrogen and oxygen atoms in total. The summed E-state index contributed by atoms with van der Waals surface area (Å²) in [7, 11) is 5.26. The van der Waals surface area contributed by atoms with Crippen LogP contribution in [0, 0.1) is 0 Å². The highest BCUT2D eigenvalue weighted by Gasteiger charge is 2.06. The largest absolute Gasteiger partial charge is 0.492 e. The van der Waals surface area contributed by atoms with Gasteiger partial charge in [-0.05, 0) is 24.7 Å². The van der Waals surface area contributed by atoms with Crippen molar-refractivity contribution in [1.29, 1.82) is 0 Å². The van der Waals surface area contributed by atoms with Gasteiger partial charge in [-0.2, -0.15) is 0 Å². The minimum Gasteiger partial charge on any atom is -0.492 e. The SMILES string of the molecule is CNC(COC)COc1cccc(COC)c1. The van der Waals surface area contributed by atoms with E-state index in [2.05, 4.69) is 5.32 Å². The fourth-order valence-corrected chi connectivity index (χ4v) is 1.50. The van der Waals surface area contributed by atoms with Crippen molar-refractivity contribution in [2.24, 2.45) is 0 Å². The fourth-order valence-electron chi connectivity index (χ4n) is 1.50. The first-order valence-corrected chi connectivity index (χ1v) is 5.67. The second-order valence-corrected chi connectivity index (χ2v) is 3.83. The molecule has 1 rings (SSSR count). The molecule has 17 heavy (non-hydrogen) atoms. The molecule has 96 valence electrons. The zero-order chi connectivity index (χ0) is 12.5. The summed E-state index contributed by atoms with van der Waals surface area (Å²) >= 11 is 0. The molecule has 4 heteroatoms. The standard InChI is InChI=1S/C13H21NO3/c1-14-12(9-16-3)10-17-13-6-4-5-11(7-13)8-15-2/h4-7,12,14H,8-10H2,1-3H3. The first-order valence-electron chi connectivity index (χ1n) is 5.67. The molecule has 0 aliphatic rings. The summed E-state index contributed by atoms with van der Waals surface area (Å²) < 4.78 is 15.9. The molecule has 0 fully saturated rings. The number of rotatable bonds is 8. The van der Waals surface area contributed by atoms with Gasteiger partial charge in [0, 0.05) is 14.2 Å². The average molecular weight is 239 g/mol. The molecule has 0 saturated heterocycles. The Morgan fingerprint density at radius 2 is 2.00 bits per heavy atom. The Bertz CT molecular complexity index is 317. The second kappa shape index (κ2) is 8.06. The first-order chi connectivity index (χ1) is 8.30. The summed E-state index contributed by atoms with van der Waals surface area (Å²) in [6, 6.07) is 8.11. The van der Waals surface area contributed by atoms with Crippen LogP contribution in [0.5, 0.6) is 5.75 Å². The van der Waals surface area contributed by atoms with Crippen molar-refractivity contribution in [3.63, 3.8) is 0 Å². The Balaban J connectivity index is 2.47. The molecule has 0 bridgehead atoms. The summed E-state index contributed by atoms with van der Waals surface area (Å²) in [6.07, 6.45) is 0. The van der Waals surface area contributed by atoms with Gasteiger partial charge in [0.15, 0.2) is 0 Å². The van der Waals surface area contributed by atoms with E-state index >= 15 is 0 Å². The summed E-state index contributed by atoms with van der Waals surface area (Å²) in [5.74, 6) is 0.857. The highest BCUT2D eigenvalue weighted by molar-refractivity contribution is 5.28. The third kappa shape index (κ3) is 5.17. The Hall–Kier alpha value is -1.10. The fraction of sp³-hybridized carbons (Fsp3) is 0.538. The van der Waals surface area contributed by atoms with Crippen LogP contribution in [0.4, 0.5) is 0 Å². The van der Waals surface area contributed by atoms with E-state index in [1.807, 2.05) is 31.3 Å². The van der Waals surface area contributed by atoms with Crippen molar-refractivity contribution in [1.82, 2.24) is 5.32 Å². The van der Waals surface area contributed by atoms with E-state index in [0.717, 1.165) is 11.3 Å². The van der Waals surface area contributed by atoms with Gasteiger partial charge in [-0.3, -0.25) is 0 Å². The number of benzene rings is 1. The Kier molecular flexibility index (Phi) is 6.62. The smallest absolute Gasteiger partial charge is 0.119 e. The van der Waals surface area contributed by atoms with Crippen LogP contribution in [0.2, 0.25) is 0 Å². The van der Waals surface area contributed by atoms with Crippen molar-refractivity contribution in [2.45, 2.75) is 12.6 Å². The van der Waals surface area contributed by atoms with Gasteiger partial charge in [0.25, 0.3) is 0 Å². The van der Waals surface area contributed by atoms with Crippen molar-refractivity contribution in [3.05, 3.63) is 29.8 Å². The molecule has 0 aliphatic carbocycles. The number of ether oxygens (including phenoxy) is 3. The van der Waals surface area contributed by atoms with Gasteiger partial charge >= 0.3 is 0 Å². The third-order valence-corrected chi connectivity index (χ3v) is 2.44. The molecule has 0 spiro atoms. The Morgan fingerprint density at radius 3 is 2.65 bits per heavy atom. The minimum absolute atomic E-state index is 0.200. The van der Waals surface area contributed by atoms with Crippen molar-refractivity contribution >= 4 is 0 Å². The summed E-state index contributed by atoms with van der Waals surface area (Å²) in [5.41, 5.74) is 1.11. The molecular formula is C13H21NO3. The number of hydrogen-bond donors (Lipinski definition) is 1. The summed E-state index contributed by atoms with van der Waals surface area (Å²) in [6.45, 7) is 1.82. The Labute approximate surface area is 103 Å². The van der Waals surface area contributed by atoms with Crippen LogP contribution in [-0.2, 0) is 16.1 Å². The lowest BCUT2D eigenvalue weighted by Crippen LogP contribution is -2.35. The molecule has 0 aliphatic heterocycles. The molecule has 0 aromatic heterocycles. The maximum Gasteiger partial charge on any atom is 0.119 e. The van der Waals surface area contributed by atoms with Crippen molar-refractivity contribution in [3.8, 4) is 5.75 Å². The monoisotopic (exact) mass is 239 g/mol. The zero-order valence-corrected chi connectivity index (χ0v) is 10.7. The van der Waals surface area contributed by atoms with E-state index in [1.165, 1.54) is 0 Å². The number of methoxy groups -OCH3 is 2.